The molecule has 170 valence electrons. The molecule has 3 aromatic rings. The molecule has 0 bridgehead atoms. The zero-order chi connectivity index (χ0) is 22.5. The molecular formula is C25H24N2O4S2. The predicted octanol–water partition coefficient (Wildman–Crippen LogP) is 4.45. The molecule has 2 aromatic heterocycles. The van der Waals surface area contributed by atoms with E-state index in [-0.39, 0.29) is 17.9 Å². The molecule has 6 rings (SSSR count). The van der Waals surface area contributed by atoms with Gasteiger partial charge in [-0.15, -0.1) is 22.7 Å². The number of hydrogen-bond donors (Lipinski definition) is 1. The van der Waals surface area contributed by atoms with Crippen molar-refractivity contribution in [3.63, 3.8) is 0 Å². The summed E-state index contributed by atoms with van der Waals surface area (Å²) in [5.41, 5.74) is 3.01. The zero-order valence-electron chi connectivity index (χ0n) is 18.2. The van der Waals surface area contributed by atoms with Crippen molar-refractivity contribution in [3.8, 4) is 21.9 Å². The molecule has 4 heterocycles. The molecule has 8 heteroatoms. The third-order valence-electron chi connectivity index (χ3n) is 6.75. The Kier molecular flexibility index (Phi) is 5.14. The Bertz CT molecular complexity index is 1220. The smallest absolute Gasteiger partial charge is 0.265 e. The molecule has 1 aliphatic carbocycles. The van der Waals surface area contributed by atoms with Crippen molar-refractivity contribution in [1.29, 1.82) is 0 Å². The lowest BCUT2D eigenvalue weighted by molar-refractivity contribution is 0.0696. The summed E-state index contributed by atoms with van der Waals surface area (Å²) >= 11 is 2.93. The summed E-state index contributed by atoms with van der Waals surface area (Å²) in [5, 5.41) is 6.86. The quantitative estimate of drug-likeness (QED) is 0.586. The molecule has 3 aliphatic rings. The van der Waals surface area contributed by atoms with Gasteiger partial charge in [0, 0.05) is 23.3 Å². The van der Waals surface area contributed by atoms with Gasteiger partial charge in [-0.05, 0) is 42.2 Å². The summed E-state index contributed by atoms with van der Waals surface area (Å²) in [6.45, 7) is 4.22. The largest absolute Gasteiger partial charge is 0.485 e. The molecule has 1 saturated heterocycles. The third-order valence-corrected chi connectivity index (χ3v) is 8.65. The number of benzene rings is 1. The fourth-order valence-electron chi connectivity index (χ4n) is 4.92. The van der Waals surface area contributed by atoms with Crippen molar-refractivity contribution in [1.82, 2.24) is 10.2 Å². The molecule has 3 atom stereocenters. The van der Waals surface area contributed by atoms with E-state index < -0.39 is 0 Å². The van der Waals surface area contributed by atoms with Gasteiger partial charge in [-0.25, -0.2) is 0 Å². The van der Waals surface area contributed by atoms with Crippen LogP contribution in [0.3, 0.4) is 0 Å². The highest BCUT2D eigenvalue weighted by Gasteiger charge is 2.54. The average molecular weight is 481 g/mol. The highest BCUT2D eigenvalue weighted by molar-refractivity contribution is 7.14. The monoisotopic (exact) mass is 480 g/mol. The summed E-state index contributed by atoms with van der Waals surface area (Å²) in [6.07, 6.45) is 1.13. The lowest BCUT2D eigenvalue weighted by Gasteiger charge is -2.28. The predicted molar refractivity (Wildman–Crippen MR) is 129 cm³/mol. The standard InChI is InChI=1S/C25H24N2O4S2/c1-14-2-4-15(5-3-14)22-17(6-9-32-22)25(29)27-12-16-10-18(16)19(27)11-26-24(28)23-21-20(13-33-23)30-7-8-31-21/h2-6,9,13,16,18-19H,7-8,10-12H2,1H3,(H,26,28)/t16-,18-,19+/m0/s1. The van der Waals surface area contributed by atoms with Gasteiger partial charge in [0.05, 0.1) is 11.6 Å². The fourth-order valence-corrected chi connectivity index (χ4v) is 6.66. The second-order valence-corrected chi connectivity index (χ2v) is 10.7. The first kappa shape index (κ1) is 20.7. The third kappa shape index (κ3) is 3.71. The van der Waals surface area contributed by atoms with Crippen LogP contribution in [0, 0.1) is 18.8 Å². The molecular weight excluding hydrogens is 456 g/mol. The molecule has 1 aromatic carbocycles. The Hall–Kier alpha value is -2.84. The second kappa shape index (κ2) is 8.18. The SMILES string of the molecule is Cc1ccc(-c2sccc2C(=O)N2C[C@@H]3C[C@@H]3[C@H]2CNC(=O)c2scc3c2OCCO3)cc1. The van der Waals surface area contributed by atoms with Crippen LogP contribution in [0.15, 0.2) is 41.1 Å². The van der Waals surface area contributed by atoms with Gasteiger partial charge in [0.2, 0.25) is 0 Å². The first-order valence-electron chi connectivity index (χ1n) is 11.2. The number of rotatable bonds is 5. The van der Waals surface area contributed by atoms with Crippen LogP contribution < -0.4 is 14.8 Å². The summed E-state index contributed by atoms with van der Waals surface area (Å²) in [7, 11) is 0. The van der Waals surface area contributed by atoms with Crippen LogP contribution >= 0.6 is 22.7 Å². The van der Waals surface area contributed by atoms with E-state index in [4.69, 9.17) is 9.47 Å². The van der Waals surface area contributed by atoms with Crippen LogP contribution in [0.5, 0.6) is 11.5 Å². The zero-order valence-corrected chi connectivity index (χ0v) is 19.8. The maximum atomic E-state index is 13.6. The lowest BCUT2D eigenvalue weighted by atomic mass is 10.1. The molecule has 1 N–H and O–H groups in total. The van der Waals surface area contributed by atoms with E-state index in [2.05, 4.69) is 36.5 Å². The van der Waals surface area contributed by atoms with Gasteiger partial charge >= 0.3 is 0 Å². The summed E-state index contributed by atoms with van der Waals surface area (Å²) in [6, 6.07) is 10.2. The van der Waals surface area contributed by atoms with Crippen LogP contribution in [0.1, 0.15) is 32.0 Å². The van der Waals surface area contributed by atoms with Gasteiger partial charge in [0.15, 0.2) is 11.5 Å². The molecule has 0 radical (unpaired) electrons. The number of amides is 2. The van der Waals surface area contributed by atoms with E-state index in [1.807, 2.05) is 21.7 Å². The van der Waals surface area contributed by atoms with E-state index in [1.165, 1.54) is 16.9 Å². The van der Waals surface area contributed by atoms with E-state index in [0.29, 0.717) is 48.0 Å². The Morgan fingerprint density at radius 3 is 2.79 bits per heavy atom. The van der Waals surface area contributed by atoms with Crippen molar-refractivity contribution in [2.24, 2.45) is 11.8 Å². The molecule has 0 unspecified atom stereocenters. The van der Waals surface area contributed by atoms with Crippen LogP contribution in [-0.4, -0.2) is 49.1 Å². The van der Waals surface area contributed by atoms with Gasteiger partial charge in [-0.2, -0.15) is 0 Å². The lowest BCUT2D eigenvalue weighted by Crippen LogP contribution is -2.45. The van der Waals surface area contributed by atoms with Crippen molar-refractivity contribution in [2.45, 2.75) is 19.4 Å². The molecule has 6 nitrogen and oxygen atoms in total. The van der Waals surface area contributed by atoms with E-state index in [9.17, 15) is 9.59 Å². The number of fused-ring (bicyclic) bond motifs is 2. The number of nitrogens with one attached hydrogen (secondary N) is 1. The first-order chi connectivity index (χ1) is 16.1. The minimum Gasteiger partial charge on any atom is -0.485 e. The van der Waals surface area contributed by atoms with Crippen LogP contribution in [0.4, 0.5) is 0 Å². The van der Waals surface area contributed by atoms with Crippen LogP contribution in [0.25, 0.3) is 10.4 Å². The molecule has 0 spiro atoms. The molecule has 1 saturated carbocycles. The molecule has 2 amide bonds. The Labute approximate surface area is 200 Å². The Morgan fingerprint density at radius 2 is 1.94 bits per heavy atom. The Balaban J connectivity index is 1.18. The van der Waals surface area contributed by atoms with Gasteiger partial charge < -0.3 is 19.7 Å². The number of carbonyl (C=O) groups excluding carboxylic acids is 2. The van der Waals surface area contributed by atoms with Crippen LogP contribution in [0.2, 0.25) is 0 Å². The maximum absolute atomic E-state index is 13.6. The first-order valence-corrected chi connectivity index (χ1v) is 13.0. The van der Waals surface area contributed by atoms with Crippen molar-refractivity contribution >= 4 is 34.5 Å². The summed E-state index contributed by atoms with van der Waals surface area (Å²) in [4.78, 5) is 30.0. The van der Waals surface area contributed by atoms with Crippen LogP contribution in [-0.2, 0) is 0 Å². The minimum absolute atomic E-state index is 0.0187. The normalized spacial score (nSPS) is 22.7. The van der Waals surface area contributed by atoms with Gasteiger partial charge in [-0.3, -0.25) is 9.59 Å². The minimum atomic E-state index is -0.167. The van der Waals surface area contributed by atoms with E-state index in [0.717, 1.165) is 29.0 Å². The highest BCUT2D eigenvalue weighted by Crippen LogP contribution is 2.50. The number of nitrogens with zero attached hydrogens (tertiary/aromatic N) is 1. The number of ether oxygens (including phenoxy) is 2. The molecule has 2 aliphatic heterocycles. The van der Waals surface area contributed by atoms with Gasteiger partial charge in [-0.1, -0.05) is 29.8 Å². The summed E-state index contributed by atoms with van der Waals surface area (Å²) < 4.78 is 11.2. The summed E-state index contributed by atoms with van der Waals surface area (Å²) in [5.74, 6) is 2.07. The number of thiophene rings is 2. The van der Waals surface area contributed by atoms with E-state index in [1.54, 1.807) is 11.3 Å². The molecule has 2 fully saturated rings. The van der Waals surface area contributed by atoms with E-state index >= 15 is 0 Å². The number of carbonyl (C=O) groups is 2. The van der Waals surface area contributed by atoms with Crippen molar-refractivity contribution in [2.75, 3.05) is 26.3 Å². The Morgan fingerprint density at radius 1 is 1.12 bits per heavy atom. The maximum Gasteiger partial charge on any atom is 0.265 e. The van der Waals surface area contributed by atoms with Crippen molar-refractivity contribution in [3.05, 3.63) is 57.1 Å². The van der Waals surface area contributed by atoms with Crippen molar-refractivity contribution < 1.29 is 19.1 Å². The average Bonchev–Trinajstić information content (AvgIpc) is 3.20. The number of hydrogen-bond acceptors (Lipinski definition) is 6. The van der Waals surface area contributed by atoms with Gasteiger partial charge in [0.25, 0.3) is 11.8 Å². The fraction of sp³-hybridized carbons (Fsp3) is 0.360. The highest BCUT2D eigenvalue weighted by atomic mass is 32.1. The number of likely N-dealkylation sites (tertiary alicyclic amines) is 1. The molecule has 33 heavy (non-hydrogen) atoms. The second-order valence-electron chi connectivity index (χ2n) is 8.88. The topological polar surface area (TPSA) is 67.9 Å². The number of piperidine rings is 1. The van der Waals surface area contributed by atoms with Gasteiger partial charge in [0.1, 0.15) is 18.1 Å². The number of aryl methyl sites for hydroxylation is 1.